The van der Waals surface area contributed by atoms with Crippen LogP contribution in [0.2, 0.25) is 0 Å². The van der Waals surface area contributed by atoms with Gasteiger partial charge in [0.25, 0.3) is 0 Å². The van der Waals surface area contributed by atoms with Crippen molar-refractivity contribution < 1.29 is 4.79 Å². The standard InChI is InChI=1S/C22H26N6OS/c1-18-7-9-20(10-8-18)28-21(23-24-25-28)15-26-11-13-27(14-12-26)22(29)17-30-16-19-5-3-2-4-6-19/h2-10H,11-17H2,1H3. The molecule has 3 aromatic rings. The van der Waals surface area contributed by atoms with Crippen LogP contribution >= 0.6 is 11.8 Å². The average Bonchev–Trinajstić information content (AvgIpc) is 3.23. The second-order valence-corrected chi connectivity index (χ2v) is 8.46. The van der Waals surface area contributed by atoms with Crippen molar-refractivity contribution in [3.8, 4) is 5.69 Å². The molecule has 2 aromatic carbocycles. The number of hydrogen-bond acceptors (Lipinski definition) is 6. The summed E-state index contributed by atoms with van der Waals surface area (Å²) in [5.74, 6) is 2.44. The van der Waals surface area contributed by atoms with Gasteiger partial charge in [-0.15, -0.1) is 16.9 Å². The van der Waals surface area contributed by atoms with E-state index in [4.69, 9.17) is 0 Å². The maximum Gasteiger partial charge on any atom is 0.232 e. The molecule has 7 nitrogen and oxygen atoms in total. The second-order valence-electron chi connectivity index (χ2n) is 7.48. The van der Waals surface area contributed by atoms with Gasteiger partial charge in [0.2, 0.25) is 5.91 Å². The molecule has 1 saturated heterocycles. The lowest BCUT2D eigenvalue weighted by molar-refractivity contribution is -0.130. The second kappa shape index (κ2) is 9.86. The van der Waals surface area contributed by atoms with Crippen LogP contribution in [0.3, 0.4) is 0 Å². The average molecular weight is 423 g/mol. The molecule has 1 fully saturated rings. The molecular weight excluding hydrogens is 396 g/mol. The number of carbonyl (C=O) groups excluding carboxylic acids is 1. The molecule has 0 unspecified atom stereocenters. The summed E-state index contributed by atoms with van der Waals surface area (Å²) in [6.45, 7) is 5.89. The zero-order valence-corrected chi connectivity index (χ0v) is 18.0. The summed E-state index contributed by atoms with van der Waals surface area (Å²) in [5.41, 5.74) is 3.42. The first-order valence-corrected chi connectivity index (χ1v) is 11.3. The Kier molecular flexibility index (Phi) is 6.76. The highest BCUT2D eigenvalue weighted by molar-refractivity contribution is 7.99. The van der Waals surface area contributed by atoms with E-state index in [1.54, 1.807) is 16.4 Å². The molecule has 0 atom stereocenters. The highest BCUT2D eigenvalue weighted by Crippen LogP contribution is 2.15. The minimum atomic E-state index is 0.222. The summed E-state index contributed by atoms with van der Waals surface area (Å²) >= 11 is 1.68. The van der Waals surface area contributed by atoms with Crippen molar-refractivity contribution in [3.63, 3.8) is 0 Å². The van der Waals surface area contributed by atoms with E-state index < -0.39 is 0 Å². The third-order valence-corrected chi connectivity index (χ3v) is 6.23. The van der Waals surface area contributed by atoms with E-state index in [2.05, 4.69) is 51.6 Å². The first-order valence-electron chi connectivity index (χ1n) is 10.1. The summed E-state index contributed by atoms with van der Waals surface area (Å²) in [4.78, 5) is 16.8. The van der Waals surface area contributed by atoms with Gasteiger partial charge >= 0.3 is 0 Å². The minimum absolute atomic E-state index is 0.222. The Labute approximate surface area is 181 Å². The van der Waals surface area contributed by atoms with Gasteiger partial charge in [0, 0.05) is 31.9 Å². The van der Waals surface area contributed by atoms with Gasteiger partial charge in [-0.25, -0.2) is 0 Å². The van der Waals surface area contributed by atoms with Crippen molar-refractivity contribution in [1.82, 2.24) is 30.0 Å². The van der Waals surface area contributed by atoms with Crippen LogP contribution in [0.4, 0.5) is 0 Å². The highest BCUT2D eigenvalue weighted by Gasteiger charge is 2.22. The zero-order chi connectivity index (χ0) is 20.8. The number of tetrazole rings is 1. The molecule has 1 amide bonds. The first kappa shape index (κ1) is 20.6. The van der Waals surface area contributed by atoms with Crippen LogP contribution in [0.25, 0.3) is 5.69 Å². The van der Waals surface area contributed by atoms with Crippen molar-refractivity contribution in [2.24, 2.45) is 0 Å². The number of rotatable bonds is 7. The van der Waals surface area contributed by atoms with Gasteiger partial charge in [-0.1, -0.05) is 48.0 Å². The summed E-state index contributed by atoms with van der Waals surface area (Å²) in [5, 5.41) is 12.2. The molecule has 0 N–H and O–H groups in total. The Morgan fingerprint density at radius 1 is 1.00 bits per heavy atom. The van der Waals surface area contributed by atoms with Crippen LogP contribution in [0, 0.1) is 6.92 Å². The maximum atomic E-state index is 12.5. The number of amides is 1. The number of piperazine rings is 1. The molecular formula is C22H26N6OS. The number of hydrogen-bond donors (Lipinski definition) is 0. The van der Waals surface area contributed by atoms with Gasteiger partial charge in [0.15, 0.2) is 5.82 Å². The van der Waals surface area contributed by atoms with E-state index in [1.807, 2.05) is 35.2 Å². The van der Waals surface area contributed by atoms with E-state index in [1.165, 1.54) is 11.1 Å². The first-order chi connectivity index (χ1) is 14.7. The number of carbonyl (C=O) groups is 1. The van der Waals surface area contributed by atoms with Crippen molar-refractivity contribution in [2.75, 3.05) is 31.9 Å². The quantitative estimate of drug-likeness (QED) is 0.583. The summed E-state index contributed by atoms with van der Waals surface area (Å²) in [7, 11) is 0. The van der Waals surface area contributed by atoms with Crippen molar-refractivity contribution in [2.45, 2.75) is 19.2 Å². The van der Waals surface area contributed by atoms with Crippen LogP contribution in [0.15, 0.2) is 54.6 Å². The maximum absolute atomic E-state index is 12.5. The normalized spacial score (nSPS) is 14.8. The predicted molar refractivity (Wildman–Crippen MR) is 118 cm³/mol. The van der Waals surface area contributed by atoms with Crippen molar-refractivity contribution >= 4 is 17.7 Å². The zero-order valence-electron chi connectivity index (χ0n) is 17.1. The fourth-order valence-corrected chi connectivity index (χ4v) is 4.36. The monoisotopic (exact) mass is 422 g/mol. The smallest absolute Gasteiger partial charge is 0.232 e. The largest absolute Gasteiger partial charge is 0.339 e. The van der Waals surface area contributed by atoms with Crippen LogP contribution in [-0.2, 0) is 17.1 Å². The lowest BCUT2D eigenvalue weighted by atomic mass is 10.2. The van der Waals surface area contributed by atoms with E-state index in [0.717, 1.165) is 43.4 Å². The number of aromatic nitrogens is 4. The van der Waals surface area contributed by atoms with E-state index >= 15 is 0 Å². The Morgan fingerprint density at radius 2 is 1.73 bits per heavy atom. The van der Waals surface area contributed by atoms with Crippen LogP contribution in [0.5, 0.6) is 0 Å². The van der Waals surface area contributed by atoms with E-state index in [-0.39, 0.29) is 5.91 Å². The van der Waals surface area contributed by atoms with Crippen molar-refractivity contribution in [3.05, 3.63) is 71.5 Å². The highest BCUT2D eigenvalue weighted by atomic mass is 32.2. The van der Waals surface area contributed by atoms with Crippen LogP contribution in [-0.4, -0.2) is 67.8 Å². The van der Waals surface area contributed by atoms with Gasteiger partial charge in [-0.05, 0) is 35.0 Å². The van der Waals surface area contributed by atoms with Gasteiger partial charge in [-0.2, -0.15) is 4.68 Å². The Hall–Kier alpha value is -2.71. The van der Waals surface area contributed by atoms with Crippen LogP contribution < -0.4 is 0 Å². The van der Waals surface area contributed by atoms with E-state index in [0.29, 0.717) is 12.3 Å². The Bertz CT molecular complexity index is 951. The van der Waals surface area contributed by atoms with Crippen molar-refractivity contribution in [1.29, 1.82) is 0 Å². The molecule has 0 spiro atoms. The molecule has 0 saturated carbocycles. The Balaban J connectivity index is 1.25. The third-order valence-electron chi connectivity index (χ3n) is 5.24. The minimum Gasteiger partial charge on any atom is -0.339 e. The molecule has 1 aliphatic heterocycles. The number of aryl methyl sites for hydroxylation is 1. The fraction of sp³-hybridized carbons (Fsp3) is 0.364. The topological polar surface area (TPSA) is 67.2 Å². The molecule has 4 rings (SSSR count). The molecule has 0 radical (unpaired) electrons. The molecule has 1 aromatic heterocycles. The number of nitrogens with zero attached hydrogens (tertiary/aromatic N) is 6. The summed E-state index contributed by atoms with van der Waals surface area (Å²) in [6, 6.07) is 18.4. The van der Waals surface area contributed by atoms with Gasteiger partial charge < -0.3 is 4.90 Å². The van der Waals surface area contributed by atoms with Gasteiger partial charge in [-0.3, -0.25) is 9.69 Å². The van der Waals surface area contributed by atoms with E-state index in [9.17, 15) is 4.79 Å². The molecule has 0 aliphatic carbocycles. The fourth-order valence-electron chi connectivity index (χ4n) is 3.47. The molecule has 30 heavy (non-hydrogen) atoms. The lowest BCUT2D eigenvalue weighted by Crippen LogP contribution is -2.49. The summed E-state index contributed by atoms with van der Waals surface area (Å²) < 4.78 is 1.79. The van der Waals surface area contributed by atoms with Gasteiger partial charge in [0.1, 0.15) is 0 Å². The number of thioether (sulfide) groups is 1. The molecule has 2 heterocycles. The number of benzene rings is 2. The molecule has 8 heteroatoms. The predicted octanol–water partition coefficient (Wildman–Crippen LogP) is 2.55. The third kappa shape index (κ3) is 5.25. The van der Waals surface area contributed by atoms with Gasteiger partial charge in [0.05, 0.1) is 18.0 Å². The molecule has 156 valence electrons. The molecule has 0 bridgehead atoms. The summed E-state index contributed by atoms with van der Waals surface area (Å²) in [6.07, 6.45) is 0. The lowest BCUT2D eigenvalue weighted by Gasteiger charge is -2.34. The van der Waals surface area contributed by atoms with Crippen LogP contribution in [0.1, 0.15) is 17.0 Å². The molecule has 1 aliphatic rings. The SMILES string of the molecule is Cc1ccc(-n2nnnc2CN2CCN(C(=O)CSCc3ccccc3)CC2)cc1. The Morgan fingerprint density at radius 3 is 2.47 bits per heavy atom.